The van der Waals surface area contributed by atoms with Crippen LogP contribution in [0.1, 0.15) is 78.0 Å². The van der Waals surface area contributed by atoms with E-state index in [2.05, 4.69) is 58.6 Å². The van der Waals surface area contributed by atoms with Crippen LogP contribution in [-0.4, -0.2) is 35.7 Å². The van der Waals surface area contributed by atoms with Crippen LogP contribution in [0.3, 0.4) is 0 Å². The number of benzene rings is 1. The Balaban J connectivity index is 2.30. The fourth-order valence-corrected chi connectivity index (χ4v) is 3.71. The van der Waals surface area contributed by atoms with E-state index in [9.17, 15) is 9.90 Å². The summed E-state index contributed by atoms with van der Waals surface area (Å²) in [6.07, 6.45) is 1.87. The minimum absolute atomic E-state index is 0.0117. The van der Waals surface area contributed by atoms with Crippen LogP contribution in [0.4, 0.5) is 0 Å². The molecule has 27 heavy (non-hydrogen) atoms. The van der Waals surface area contributed by atoms with E-state index in [0.29, 0.717) is 25.4 Å². The second-order valence-corrected chi connectivity index (χ2v) is 9.86. The zero-order valence-corrected chi connectivity index (χ0v) is 18.2. The molecule has 2 rings (SSSR count). The van der Waals surface area contributed by atoms with Gasteiger partial charge in [0.05, 0.1) is 12.5 Å². The summed E-state index contributed by atoms with van der Waals surface area (Å²) in [6, 6.07) is 4.29. The SMILES string of the molecule is CCOC(=O)C1CCCN(Cc2cc(C(C)(C)C)cc(C(C)(C)C)c2O)C1. The van der Waals surface area contributed by atoms with Crippen LogP contribution in [0, 0.1) is 5.92 Å². The summed E-state index contributed by atoms with van der Waals surface area (Å²) < 4.78 is 5.22. The number of phenols is 1. The number of phenolic OH excluding ortho intramolecular Hbond substituents is 1. The fourth-order valence-electron chi connectivity index (χ4n) is 3.71. The lowest BCUT2D eigenvalue weighted by Gasteiger charge is -2.33. The van der Waals surface area contributed by atoms with E-state index in [4.69, 9.17) is 4.74 Å². The third-order valence-electron chi connectivity index (χ3n) is 5.38. The summed E-state index contributed by atoms with van der Waals surface area (Å²) in [5.74, 6) is 0.243. The molecule has 4 nitrogen and oxygen atoms in total. The molecule has 1 aromatic carbocycles. The van der Waals surface area contributed by atoms with Crippen molar-refractivity contribution in [2.75, 3.05) is 19.7 Å². The van der Waals surface area contributed by atoms with Gasteiger partial charge in [0.25, 0.3) is 0 Å². The van der Waals surface area contributed by atoms with Crippen molar-refractivity contribution in [1.29, 1.82) is 0 Å². The van der Waals surface area contributed by atoms with Crippen molar-refractivity contribution >= 4 is 5.97 Å². The van der Waals surface area contributed by atoms with Crippen LogP contribution >= 0.6 is 0 Å². The molecular formula is C23H37NO3. The van der Waals surface area contributed by atoms with E-state index in [-0.39, 0.29) is 22.7 Å². The van der Waals surface area contributed by atoms with Crippen LogP contribution in [0.5, 0.6) is 5.75 Å². The number of likely N-dealkylation sites (tertiary alicyclic amines) is 1. The molecule has 0 aliphatic carbocycles. The number of ether oxygens (including phenoxy) is 1. The van der Waals surface area contributed by atoms with Crippen molar-refractivity contribution in [3.8, 4) is 5.75 Å². The van der Waals surface area contributed by atoms with Crippen molar-refractivity contribution in [3.05, 3.63) is 28.8 Å². The molecule has 0 saturated carbocycles. The predicted molar refractivity (Wildman–Crippen MR) is 110 cm³/mol. The molecule has 1 unspecified atom stereocenters. The molecule has 1 aromatic rings. The van der Waals surface area contributed by atoms with Gasteiger partial charge < -0.3 is 9.84 Å². The van der Waals surface area contributed by atoms with E-state index in [0.717, 1.165) is 30.5 Å². The van der Waals surface area contributed by atoms with Crippen LogP contribution < -0.4 is 0 Å². The lowest BCUT2D eigenvalue weighted by Crippen LogP contribution is -2.39. The van der Waals surface area contributed by atoms with Gasteiger partial charge in [-0.3, -0.25) is 9.69 Å². The fraction of sp³-hybridized carbons (Fsp3) is 0.696. The Morgan fingerprint density at radius 2 is 1.85 bits per heavy atom. The summed E-state index contributed by atoms with van der Waals surface area (Å²) in [7, 11) is 0. The molecule has 4 heteroatoms. The van der Waals surface area contributed by atoms with Crippen molar-refractivity contribution in [1.82, 2.24) is 4.90 Å². The van der Waals surface area contributed by atoms with Crippen molar-refractivity contribution < 1.29 is 14.6 Å². The minimum atomic E-state index is -0.130. The molecule has 0 amide bonds. The highest BCUT2D eigenvalue weighted by molar-refractivity contribution is 5.72. The van der Waals surface area contributed by atoms with Gasteiger partial charge in [-0.2, -0.15) is 0 Å². The zero-order chi connectivity index (χ0) is 20.4. The Hall–Kier alpha value is -1.55. The van der Waals surface area contributed by atoms with Gasteiger partial charge in [0.2, 0.25) is 0 Å². The summed E-state index contributed by atoms with van der Waals surface area (Å²) in [5, 5.41) is 11.0. The first-order chi connectivity index (χ1) is 12.4. The Morgan fingerprint density at radius 1 is 1.19 bits per heavy atom. The lowest BCUT2D eigenvalue weighted by molar-refractivity contribution is -0.150. The van der Waals surface area contributed by atoms with Gasteiger partial charge in [0.15, 0.2) is 0 Å². The van der Waals surface area contributed by atoms with Crippen LogP contribution in [0.2, 0.25) is 0 Å². The van der Waals surface area contributed by atoms with Gasteiger partial charge in [-0.1, -0.05) is 53.7 Å². The molecule has 0 radical (unpaired) electrons. The number of piperidine rings is 1. The summed E-state index contributed by atoms with van der Waals surface area (Å²) in [4.78, 5) is 14.4. The van der Waals surface area contributed by atoms with Gasteiger partial charge in [-0.05, 0) is 48.3 Å². The van der Waals surface area contributed by atoms with Crippen molar-refractivity contribution in [3.63, 3.8) is 0 Å². The topological polar surface area (TPSA) is 49.8 Å². The standard InChI is InChI=1S/C23H37NO3/c1-8-27-21(26)16-10-9-11-24(14-16)15-17-12-18(22(2,3)4)13-19(20(17)25)23(5,6)7/h12-13,16,25H,8-11,14-15H2,1-7H3. The molecule has 152 valence electrons. The molecule has 1 heterocycles. The molecule has 1 saturated heterocycles. The molecule has 1 aliphatic rings. The number of rotatable bonds is 4. The first-order valence-corrected chi connectivity index (χ1v) is 10.2. The van der Waals surface area contributed by atoms with Gasteiger partial charge in [-0.25, -0.2) is 0 Å². The van der Waals surface area contributed by atoms with Crippen LogP contribution in [0.25, 0.3) is 0 Å². The van der Waals surface area contributed by atoms with E-state index in [1.54, 1.807) is 0 Å². The third kappa shape index (κ3) is 5.47. The maximum Gasteiger partial charge on any atom is 0.310 e. The average Bonchev–Trinajstić information content (AvgIpc) is 2.55. The van der Waals surface area contributed by atoms with Gasteiger partial charge in [0.1, 0.15) is 5.75 Å². The molecule has 1 fully saturated rings. The maximum absolute atomic E-state index is 12.1. The molecule has 1 N–H and O–H groups in total. The monoisotopic (exact) mass is 375 g/mol. The zero-order valence-electron chi connectivity index (χ0n) is 18.2. The molecule has 0 bridgehead atoms. The first kappa shape index (κ1) is 21.7. The smallest absolute Gasteiger partial charge is 0.310 e. The normalized spacial score (nSPS) is 19.1. The minimum Gasteiger partial charge on any atom is -0.507 e. The summed E-state index contributed by atoms with van der Waals surface area (Å²) >= 11 is 0. The second-order valence-electron chi connectivity index (χ2n) is 9.86. The Bertz CT molecular complexity index is 667. The predicted octanol–water partition coefficient (Wildman–Crippen LogP) is 4.76. The quantitative estimate of drug-likeness (QED) is 0.771. The van der Waals surface area contributed by atoms with Crippen molar-refractivity contribution in [2.45, 2.75) is 78.7 Å². The molecule has 1 aliphatic heterocycles. The second kappa shape index (κ2) is 8.22. The van der Waals surface area contributed by atoms with Crippen molar-refractivity contribution in [2.24, 2.45) is 5.92 Å². The maximum atomic E-state index is 12.1. The number of hydrogen-bond acceptors (Lipinski definition) is 4. The number of hydrogen-bond donors (Lipinski definition) is 1. The Labute approximate surface area is 164 Å². The number of carbonyl (C=O) groups excluding carboxylic acids is 1. The number of aromatic hydroxyl groups is 1. The molecule has 0 aromatic heterocycles. The highest BCUT2D eigenvalue weighted by Gasteiger charge is 2.29. The van der Waals surface area contributed by atoms with E-state index >= 15 is 0 Å². The van der Waals surface area contributed by atoms with Gasteiger partial charge >= 0.3 is 5.97 Å². The third-order valence-corrected chi connectivity index (χ3v) is 5.38. The lowest BCUT2D eigenvalue weighted by atomic mass is 9.79. The van der Waals surface area contributed by atoms with E-state index in [1.807, 2.05) is 6.92 Å². The average molecular weight is 376 g/mol. The Kier molecular flexibility index (Phi) is 6.62. The summed E-state index contributed by atoms with van der Waals surface area (Å²) in [5.41, 5.74) is 3.06. The first-order valence-electron chi connectivity index (χ1n) is 10.2. The number of carbonyl (C=O) groups is 1. The van der Waals surface area contributed by atoms with Crippen LogP contribution in [-0.2, 0) is 26.9 Å². The highest BCUT2D eigenvalue weighted by Crippen LogP contribution is 2.38. The molecule has 1 atom stereocenters. The number of nitrogens with zero attached hydrogens (tertiary/aromatic N) is 1. The Morgan fingerprint density at radius 3 is 2.41 bits per heavy atom. The number of esters is 1. The molecular weight excluding hydrogens is 338 g/mol. The summed E-state index contributed by atoms with van der Waals surface area (Å²) in [6.45, 7) is 17.6. The van der Waals surface area contributed by atoms with Gasteiger partial charge in [-0.15, -0.1) is 0 Å². The van der Waals surface area contributed by atoms with Gasteiger partial charge in [0, 0.05) is 18.7 Å². The largest absolute Gasteiger partial charge is 0.507 e. The highest BCUT2D eigenvalue weighted by atomic mass is 16.5. The van der Waals surface area contributed by atoms with E-state index < -0.39 is 0 Å². The molecule has 0 spiro atoms. The van der Waals surface area contributed by atoms with E-state index in [1.165, 1.54) is 5.56 Å². The van der Waals surface area contributed by atoms with Crippen LogP contribution in [0.15, 0.2) is 12.1 Å².